The highest BCUT2D eigenvalue weighted by molar-refractivity contribution is 6.32. The van der Waals surface area contributed by atoms with Crippen molar-refractivity contribution in [2.45, 2.75) is 13.8 Å². The van der Waals surface area contributed by atoms with Gasteiger partial charge in [-0.05, 0) is 96.4 Å². The number of furan rings is 2. The van der Waals surface area contributed by atoms with E-state index < -0.39 is 0 Å². The molecule has 3 aromatic heterocycles. The maximum atomic E-state index is 6.84. The SMILES string of the molecule is Cc1ccccc1N(c1cc2c(c3ccccc13)c1c3ccccc3c(N(c3ccccc3C)c3cccc4c3oc3ccccc34)cc1n2-c1ccccc1)c1cccc2c1oc1ccccc12. The van der Waals surface area contributed by atoms with Crippen molar-refractivity contribution in [3.63, 3.8) is 0 Å². The summed E-state index contributed by atoms with van der Waals surface area (Å²) in [4.78, 5) is 4.85. The minimum Gasteiger partial charge on any atom is -0.454 e. The lowest BCUT2D eigenvalue weighted by Gasteiger charge is -2.28. The molecule has 0 saturated heterocycles. The Morgan fingerprint density at radius 1 is 0.304 bits per heavy atom. The van der Waals surface area contributed by atoms with Crippen molar-refractivity contribution in [2.24, 2.45) is 0 Å². The Kier molecular flexibility index (Phi) is 8.65. The number of aromatic nitrogens is 1. The molecule has 0 aliphatic heterocycles. The number of anilines is 6. The highest BCUT2D eigenvalue weighted by atomic mass is 16.3. The van der Waals surface area contributed by atoms with E-state index in [1.54, 1.807) is 0 Å². The second kappa shape index (κ2) is 15.2. The first-order valence-corrected chi connectivity index (χ1v) is 23.6. The summed E-state index contributed by atoms with van der Waals surface area (Å²) in [6, 6.07) is 80.6. The topological polar surface area (TPSA) is 37.7 Å². The molecule has 0 radical (unpaired) electrons. The minimum atomic E-state index is 0.848. The van der Waals surface area contributed by atoms with E-state index in [2.05, 4.69) is 241 Å². The predicted octanol–water partition coefficient (Wildman–Crippen LogP) is 18.4. The summed E-state index contributed by atoms with van der Waals surface area (Å²) in [5, 5.41) is 11.4. The van der Waals surface area contributed by atoms with Gasteiger partial charge < -0.3 is 23.2 Å². The Labute approximate surface area is 397 Å². The molecule has 5 heteroatoms. The van der Waals surface area contributed by atoms with Crippen LogP contribution in [-0.2, 0) is 0 Å². The Balaban J connectivity index is 1.14. The van der Waals surface area contributed by atoms with E-state index in [4.69, 9.17) is 8.83 Å². The van der Waals surface area contributed by atoms with Crippen molar-refractivity contribution in [1.29, 1.82) is 0 Å². The van der Waals surface area contributed by atoms with Gasteiger partial charge in [0.2, 0.25) is 0 Å². The lowest BCUT2D eigenvalue weighted by molar-refractivity contribution is 0.668. The zero-order valence-corrected chi connectivity index (χ0v) is 38.0. The van der Waals surface area contributed by atoms with Gasteiger partial charge >= 0.3 is 0 Å². The van der Waals surface area contributed by atoms with Crippen molar-refractivity contribution in [2.75, 3.05) is 9.80 Å². The van der Waals surface area contributed by atoms with Crippen LogP contribution in [0.4, 0.5) is 34.1 Å². The molecule has 3 heterocycles. The Morgan fingerprint density at radius 2 is 0.667 bits per heavy atom. The second-order valence-electron chi connectivity index (χ2n) is 18.1. The first-order chi connectivity index (χ1) is 34.1. The molecule has 0 fully saturated rings. The second-order valence-corrected chi connectivity index (χ2v) is 18.1. The predicted molar refractivity (Wildman–Crippen MR) is 289 cm³/mol. The number of rotatable bonds is 7. The van der Waals surface area contributed by atoms with Gasteiger partial charge in [-0.25, -0.2) is 0 Å². The summed E-state index contributed by atoms with van der Waals surface area (Å²) in [6.45, 7) is 4.39. The van der Waals surface area contributed by atoms with Crippen LogP contribution in [-0.4, -0.2) is 4.57 Å². The van der Waals surface area contributed by atoms with Gasteiger partial charge in [0, 0.05) is 60.2 Å². The average molecular weight is 886 g/mol. The number of benzene rings is 11. The lowest BCUT2D eigenvalue weighted by Crippen LogP contribution is -2.12. The number of hydrogen-bond acceptors (Lipinski definition) is 4. The van der Waals surface area contributed by atoms with Crippen molar-refractivity contribution < 1.29 is 8.83 Å². The summed E-state index contributed by atoms with van der Waals surface area (Å²) in [5.74, 6) is 0. The molecule has 11 aromatic carbocycles. The highest BCUT2D eigenvalue weighted by Crippen LogP contribution is 2.52. The molecule has 0 N–H and O–H groups in total. The lowest BCUT2D eigenvalue weighted by atomic mass is 9.96. The van der Waals surface area contributed by atoms with Crippen LogP contribution >= 0.6 is 0 Å². The van der Waals surface area contributed by atoms with E-state index in [9.17, 15) is 0 Å². The van der Waals surface area contributed by atoms with Crippen LogP contribution in [0.1, 0.15) is 11.1 Å². The number of para-hydroxylation sites is 7. The van der Waals surface area contributed by atoms with Crippen LogP contribution in [0.15, 0.2) is 233 Å². The number of nitrogens with zero attached hydrogens (tertiary/aromatic N) is 3. The molecule has 0 spiro atoms. The van der Waals surface area contributed by atoms with Gasteiger partial charge in [0.25, 0.3) is 0 Å². The maximum Gasteiger partial charge on any atom is 0.159 e. The third-order valence-electron chi connectivity index (χ3n) is 14.2. The average Bonchev–Trinajstić information content (AvgIpc) is 4.08. The van der Waals surface area contributed by atoms with Crippen LogP contribution in [0.3, 0.4) is 0 Å². The quantitative estimate of drug-likeness (QED) is 0.160. The molecule has 69 heavy (non-hydrogen) atoms. The fraction of sp³-hybridized carbons (Fsp3) is 0.0312. The Morgan fingerprint density at radius 3 is 1.13 bits per heavy atom. The van der Waals surface area contributed by atoms with E-state index >= 15 is 0 Å². The van der Waals surface area contributed by atoms with Gasteiger partial charge in [0.15, 0.2) is 11.2 Å². The Hall–Kier alpha value is -9.06. The molecule has 0 atom stereocenters. The first-order valence-electron chi connectivity index (χ1n) is 23.6. The summed E-state index contributed by atoms with van der Waals surface area (Å²) in [7, 11) is 0. The number of hydrogen-bond donors (Lipinski definition) is 0. The van der Waals surface area contributed by atoms with Gasteiger partial charge in [-0.1, -0.05) is 164 Å². The zero-order valence-electron chi connectivity index (χ0n) is 38.0. The van der Waals surface area contributed by atoms with Crippen LogP contribution < -0.4 is 9.80 Å². The molecule has 0 bridgehead atoms. The van der Waals surface area contributed by atoms with Crippen LogP contribution in [0.5, 0.6) is 0 Å². The van der Waals surface area contributed by atoms with E-state index in [0.717, 1.165) is 117 Å². The van der Waals surface area contributed by atoms with Crippen molar-refractivity contribution in [3.8, 4) is 5.69 Å². The maximum absolute atomic E-state index is 6.84. The zero-order chi connectivity index (χ0) is 45.7. The third kappa shape index (κ3) is 5.84. The fourth-order valence-electron chi connectivity index (χ4n) is 11.1. The van der Waals surface area contributed by atoms with Gasteiger partial charge in [-0.3, -0.25) is 0 Å². The molecule has 0 unspecified atom stereocenters. The fourth-order valence-corrected chi connectivity index (χ4v) is 11.1. The Bertz CT molecular complexity index is 4110. The van der Waals surface area contributed by atoms with E-state index in [0.29, 0.717) is 0 Å². The van der Waals surface area contributed by atoms with E-state index in [1.165, 1.54) is 21.5 Å². The smallest absolute Gasteiger partial charge is 0.159 e. The standard InChI is InChI=1S/C64H43N3O2/c1-40-20-6-14-32-51(40)66(53-34-18-30-49-45-26-12-16-36-59(45)68-63(49)53)55-38-57-61(47-28-10-8-24-43(47)55)62-48-29-11-9-25-44(48)56(39-58(62)65(57)42-22-4-3-5-23-42)67(52-33-15-7-21-41(52)2)54-35-19-31-50-46-27-13-17-37-60(46)69-64(50)54/h3-39H,1-2H3. The van der Waals surface area contributed by atoms with Crippen LogP contribution in [0, 0.1) is 13.8 Å². The normalized spacial score (nSPS) is 11.9. The molecule has 0 amide bonds. The van der Waals surface area contributed by atoms with Gasteiger partial charge in [0.1, 0.15) is 11.2 Å². The third-order valence-corrected chi connectivity index (χ3v) is 14.2. The molecule has 0 aliphatic carbocycles. The van der Waals surface area contributed by atoms with Gasteiger partial charge in [-0.15, -0.1) is 0 Å². The molecule has 326 valence electrons. The first kappa shape index (κ1) is 39.1. The minimum absolute atomic E-state index is 0.848. The van der Waals surface area contributed by atoms with Gasteiger partial charge in [0.05, 0.1) is 33.8 Å². The number of aryl methyl sites for hydroxylation is 2. The van der Waals surface area contributed by atoms with Crippen LogP contribution in [0.2, 0.25) is 0 Å². The van der Waals surface area contributed by atoms with Crippen molar-refractivity contribution >= 4 is 121 Å². The monoisotopic (exact) mass is 885 g/mol. The summed E-state index contributed by atoms with van der Waals surface area (Å²) >= 11 is 0. The van der Waals surface area contributed by atoms with E-state index in [1.807, 2.05) is 12.1 Å². The molecule has 14 aromatic rings. The molecule has 5 nitrogen and oxygen atoms in total. The summed E-state index contributed by atoms with van der Waals surface area (Å²) in [6.07, 6.45) is 0. The summed E-state index contributed by atoms with van der Waals surface area (Å²) < 4.78 is 16.2. The van der Waals surface area contributed by atoms with Crippen molar-refractivity contribution in [1.82, 2.24) is 4.57 Å². The molecule has 14 rings (SSSR count). The largest absolute Gasteiger partial charge is 0.454 e. The molecule has 0 aliphatic rings. The van der Waals surface area contributed by atoms with E-state index in [-0.39, 0.29) is 0 Å². The highest BCUT2D eigenvalue weighted by Gasteiger charge is 2.29. The van der Waals surface area contributed by atoms with Crippen LogP contribution in [0.25, 0.3) is 92.9 Å². The number of fused-ring (bicyclic) bond motifs is 13. The summed E-state index contributed by atoms with van der Waals surface area (Å²) in [5.41, 5.74) is 15.3. The van der Waals surface area contributed by atoms with Crippen molar-refractivity contribution in [3.05, 3.63) is 236 Å². The molecule has 0 saturated carbocycles. The van der Waals surface area contributed by atoms with Gasteiger partial charge in [-0.2, -0.15) is 0 Å². The molecular formula is C64H43N3O2. The molecular weight excluding hydrogens is 843 g/mol.